The van der Waals surface area contributed by atoms with Crippen molar-refractivity contribution in [2.45, 2.75) is 57.1 Å². The maximum atomic E-state index is 11.9. The maximum Gasteiger partial charge on any atom is 0.222 e. The molecule has 4 atom stereocenters. The Bertz CT molecular complexity index is 571. The first kappa shape index (κ1) is 19.2. The van der Waals surface area contributed by atoms with Gasteiger partial charge in [0.25, 0.3) is 0 Å². The molecule has 0 aliphatic carbocycles. The van der Waals surface area contributed by atoms with Gasteiger partial charge in [0.2, 0.25) is 5.91 Å². The van der Waals surface area contributed by atoms with Crippen LogP contribution in [0.15, 0.2) is 24.5 Å². The highest BCUT2D eigenvalue weighted by Gasteiger charge is 2.37. The van der Waals surface area contributed by atoms with Crippen molar-refractivity contribution in [2.75, 3.05) is 26.3 Å². The minimum atomic E-state index is -0.508. The standard InChI is InChI=1S/C19H29N3O4/c1-2-21-19(24)9-16-3-4-17-18(26-16)13-25-12-15(23)11-22(17)10-14-5-7-20-8-6-14/h5-8,15-18,23H,2-4,9-13H2,1H3,(H,21,24)/t15-,16-,17+,18-/m1/s1. The summed E-state index contributed by atoms with van der Waals surface area (Å²) >= 11 is 0. The quantitative estimate of drug-likeness (QED) is 0.802. The summed E-state index contributed by atoms with van der Waals surface area (Å²) in [4.78, 5) is 18.2. The minimum Gasteiger partial charge on any atom is -0.389 e. The van der Waals surface area contributed by atoms with E-state index in [0.717, 1.165) is 24.9 Å². The van der Waals surface area contributed by atoms with Gasteiger partial charge in [0.1, 0.15) is 0 Å². The topological polar surface area (TPSA) is 83.9 Å². The number of pyridine rings is 1. The van der Waals surface area contributed by atoms with E-state index in [2.05, 4.69) is 15.2 Å². The van der Waals surface area contributed by atoms with Gasteiger partial charge >= 0.3 is 0 Å². The van der Waals surface area contributed by atoms with Gasteiger partial charge in [0.05, 0.1) is 37.9 Å². The average molecular weight is 363 g/mol. The second-order valence-electron chi connectivity index (χ2n) is 7.08. The molecule has 2 saturated heterocycles. The molecule has 0 saturated carbocycles. The molecule has 0 unspecified atom stereocenters. The Morgan fingerprint density at radius 2 is 2.15 bits per heavy atom. The smallest absolute Gasteiger partial charge is 0.222 e. The zero-order valence-electron chi connectivity index (χ0n) is 15.3. The molecule has 1 amide bonds. The van der Waals surface area contributed by atoms with Crippen LogP contribution >= 0.6 is 0 Å². The van der Waals surface area contributed by atoms with Crippen LogP contribution < -0.4 is 5.32 Å². The van der Waals surface area contributed by atoms with Gasteiger partial charge in [-0.1, -0.05) is 0 Å². The molecule has 7 heteroatoms. The monoisotopic (exact) mass is 363 g/mol. The zero-order valence-corrected chi connectivity index (χ0v) is 15.3. The van der Waals surface area contributed by atoms with Crippen LogP contribution in [-0.4, -0.2) is 71.6 Å². The van der Waals surface area contributed by atoms with Crippen LogP contribution in [0.3, 0.4) is 0 Å². The highest BCUT2D eigenvalue weighted by atomic mass is 16.5. The fourth-order valence-corrected chi connectivity index (χ4v) is 3.83. The summed E-state index contributed by atoms with van der Waals surface area (Å²) in [5, 5.41) is 13.0. The van der Waals surface area contributed by atoms with Crippen molar-refractivity contribution < 1.29 is 19.4 Å². The third kappa shape index (κ3) is 5.23. The number of ether oxygens (including phenoxy) is 2. The van der Waals surface area contributed by atoms with Crippen molar-refractivity contribution in [1.82, 2.24) is 15.2 Å². The van der Waals surface area contributed by atoms with Crippen LogP contribution in [-0.2, 0) is 20.8 Å². The molecule has 0 aromatic carbocycles. The van der Waals surface area contributed by atoms with E-state index < -0.39 is 6.10 Å². The molecule has 2 N–H and O–H groups in total. The van der Waals surface area contributed by atoms with E-state index in [-0.39, 0.29) is 24.2 Å². The first-order valence-corrected chi connectivity index (χ1v) is 9.46. The lowest BCUT2D eigenvalue weighted by Gasteiger charge is -2.44. The van der Waals surface area contributed by atoms with E-state index in [0.29, 0.717) is 32.7 Å². The van der Waals surface area contributed by atoms with E-state index in [1.807, 2.05) is 19.1 Å². The largest absolute Gasteiger partial charge is 0.389 e. The predicted octanol–water partition coefficient (Wildman–Crippen LogP) is 0.717. The van der Waals surface area contributed by atoms with Crippen molar-refractivity contribution >= 4 is 5.91 Å². The molecule has 2 fully saturated rings. The van der Waals surface area contributed by atoms with Crippen molar-refractivity contribution in [1.29, 1.82) is 0 Å². The number of carbonyl (C=O) groups is 1. The molecule has 7 nitrogen and oxygen atoms in total. The fourth-order valence-electron chi connectivity index (χ4n) is 3.83. The summed E-state index contributed by atoms with van der Waals surface area (Å²) in [5.74, 6) is 0.0341. The predicted molar refractivity (Wildman–Crippen MR) is 96.5 cm³/mol. The molecule has 0 radical (unpaired) electrons. The summed E-state index contributed by atoms with van der Waals surface area (Å²) in [7, 11) is 0. The number of aliphatic hydroxyl groups is 1. The molecule has 1 aromatic rings. The lowest BCUT2D eigenvalue weighted by Crippen LogP contribution is -2.55. The number of amides is 1. The molecule has 0 spiro atoms. The number of fused-ring (bicyclic) bond motifs is 1. The Hall–Kier alpha value is -1.54. The Kier molecular flexibility index (Phi) is 6.96. The van der Waals surface area contributed by atoms with Gasteiger partial charge in [0, 0.05) is 38.1 Å². The average Bonchev–Trinajstić information content (AvgIpc) is 2.61. The van der Waals surface area contributed by atoms with Crippen LogP contribution in [0.5, 0.6) is 0 Å². The van der Waals surface area contributed by atoms with Crippen LogP contribution in [0, 0.1) is 0 Å². The molecule has 2 aliphatic rings. The van der Waals surface area contributed by atoms with Crippen LogP contribution in [0.4, 0.5) is 0 Å². The van der Waals surface area contributed by atoms with Crippen molar-refractivity contribution in [3.05, 3.63) is 30.1 Å². The number of nitrogens with one attached hydrogen (secondary N) is 1. The number of carbonyl (C=O) groups excluding carboxylic acids is 1. The van der Waals surface area contributed by atoms with E-state index in [9.17, 15) is 9.90 Å². The Morgan fingerprint density at radius 3 is 2.92 bits per heavy atom. The number of nitrogens with zero attached hydrogens (tertiary/aromatic N) is 2. The first-order valence-electron chi connectivity index (χ1n) is 9.46. The number of hydrogen-bond acceptors (Lipinski definition) is 6. The van der Waals surface area contributed by atoms with Gasteiger partial charge < -0.3 is 19.9 Å². The molecular weight excluding hydrogens is 334 g/mol. The number of rotatable bonds is 5. The third-order valence-electron chi connectivity index (χ3n) is 5.01. The van der Waals surface area contributed by atoms with E-state index in [4.69, 9.17) is 9.47 Å². The van der Waals surface area contributed by atoms with Crippen LogP contribution in [0.25, 0.3) is 0 Å². The molecular formula is C19H29N3O4. The van der Waals surface area contributed by atoms with Crippen molar-refractivity contribution in [3.63, 3.8) is 0 Å². The highest BCUT2D eigenvalue weighted by Crippen LogP contribution is 2.28. The molecule has 26 heavy (non-hydrogen) atoms. The minimum absolute atomic E-state index is 0.0341. The van der Waals surface area contributed by atoms with Gasteiger partial charge in [-0.05, 0) is 37.5 Å². The van der Waals surface area contributed by atoms with E-state index in [1.165, 1.54) is 0 Å². The van der Waals surface area contributed by atoms with E-state index in [1.54, 1.807) is 12.4 Å². The first-order chi connectivity index (χ1) is 12.7. The van der Waals surface area contributed by atoms with Crippen LogP contribution in [0.1, 0.15) is 31.7 Å². The summed E-state index contributed by atoms with van der Waals surface area (Å²) < 4.78 is 11.9. The summed E-state index contributed by atoms with van der Waals surface area (Å²) in [6, 6.07) is 4.17. The fraction of sp³-hybridized carbons (Fsp3) is 0.684. The highest BCUT2D eigenvalue weighted by molar-refractivity contribution is 5.76. The number of β-amino-alcohol motifs (C(OH)–C–C–N with tert-alkyl or cyclic N) is 1. The van der Waals surface area contributed by atoms with E-state index >= 15 is 0 Å². The summed E-state index contributed by atoms with van der Waals surface area (Å²) in [5.41, 5.74) is 1.16. The Morgan fingerprint density at radius 1 is 1.35 bits per heavy atom. The maximum absolute atomic E-state index is 11.9. The Balaban J connectivity index is 1.67. The molecule has 3 heterocycles. The van der Waals surface area contributed by atoms with Gasteiger partial charge in [-0.3, -0.25) is 14.7 Å². The van der Waals surface area contributed by atoms with Gasteiger partial charge in [0.15, 0.2) is 0 Å². The van der Waals surface area contributed by atoms with Gasteiger partial charge in [-0.15, -0.1) is 0 Å². The van der Waals surface area contributed by atoms with Gasteiger partial charge in [-0.25, -0.2) is 0 Å². The van der Waals surface area contributed by atoms with Crippen LogP contribution in [0.2, 0.25) is 0 Å². The Labute approximate surface area is 154 Å². The molecule has 2 aliphatic heterocycles. The SMILES string of the molecule is CCNC(=O)C[C@H]1CC[C@H]2[C@@H](COC[C@H](O)CN2Cc2ccncc2)O1. The van der Waals surface area contributed by atoms with Gasteiger partial charge in [-0.2, -0.15) is 0 Å². The zero-order chi connectivity index (χ0) is 18.4. The summed E-state index contributed by atoms with van der Waals surface area (Å²) in [6.07, 6.45) is 5.06. The van der Waals surface area contributed by atoms with Crippen molar-refractivity contribution in [2.24, 2.45) is 0 Å². The summed E-state index contributed by atoms with van der Waals surface area (Å²) in [6.45, 7) is 4.60. The van der Waals surface area contributed by atoms with Crippen molar-refractivity contribution in [3.8, 4) is 0 Å². The second-order valence-corrected chi connectivity index (χ2v) is 7.08. The molecule has 3 rings (SSSR count). The lowest BCUT2D eigenvalue weighted by molar-refractivity contribution is -0.158. The number of aromatic nitrogens is 1. The number of hydrogen-bond donors (Lipinski definition) is 2. The molecule has 1 aromatic heterocycles. The molecule has 144 valence electrons. The lowest BCUT2D eigenvalue weighted by atomic mass is 9.94. The normalized spacial score (nSPS) is 30.1. The number of aliphatic hydroxyl groups excluding tert-OH is 1. The molecule has 0 bridgehead atoms. The second kappa shape index (κ2) is 9.41. The third-order valence-corrected chi connectivity index (χ3v) is 5.01.